The van der Waals surface area contributed by atoms with Gasteiger partial charge in [0.05, 0.1) is 37.0 Å². The summed E-state index contributed by atoms with van der Waals surface area (Å²) in [5.74, 6) is 0.902. The van der Waals surface area contributed by atoms with E-state index in [0.717, 1.165) is 76.2 Å². The molecule has 5 fully saturated rings. The molecule has 1 amide bonds. The van der Waals surface area contributed by atoms with Gasteiger partial charge in [-0.2, -0.15) is 20.2 Å². The molecular formula is C51H58F3N9O6. The van der Waals surface area contributed by atoms with Crippen LogP contribution in [0.15, 0.2) is 42.6 Å². The Morgan fingerprint density at radius 1 is 0.913 bits per heavy atom. The van der Waals surface area contributed by atoms with Crippen LogP contribution in [0, 0.1) is 12.7 Å². The second-order valence-corrected chi connectivity index (χ2v) is 20.2. The van der Waals surface area contributed by atoms with Crippen molar-refractivity contribution in [1.82, 2.24) is 39.4 Å². The minimum absolute atomic E-state index is 0.0373. The van der Waals surface area contributed by atoms with Gasteiger partial charge < -0.3 is 33.5 Å². The number of benzene rings is 3. The highest BCUT2D eigenvalue weighted by Gasteiger charge is 2.48. The van der Waals surface area contributed by atoms with E-state index in [1.165, 1.54) is 7.05 Å². The van der Waals surface area contributed by atoms with Gasteiger partial charge in [0.2, 0.25) is 0 Å². The Kier molecular flexibility index (Phi) is 11.9. The molecular weight excluding hydrogens is 892 g/mol. The highest BCUT2D eigenvalue weighted by Crippen LogP contribution is 2.54. The number of piperazine rings is 1. The van der Waals surface area contributed by atoms with E-state index >= 15 is 4.39 Å². The summed E-state index contributed by atoms with van der Waals surface area (Å²) in [6.45, 7) is 10.3. The lowest BCUT2D eigenvalue weighted by Crippen LogP contribution is -2.50. The van der Waals surface area contributed by atoms with Crippen molar-refractivity contribution in [2.45, 2.75) is 134 Å². The third-order valence-corrected chi connectivity index (χ3v) is 14.1. The number of likely N-dealkylation sites (tertiary alicyclic amines) is 1. The minimum Gasteiger partial charge on any atom is -0.486 e. The van der Waals surface area contributed by atoms with Crippen molar-refractivity contribution in [3.05, 3.63) is 82.3 Å². The minimum atomic E-state index is -2.73. The van der Waals surface area contributed by atoms with Crippen molar-refractivity contribution in [3.63, 3.8) is 0 Å². The maximum atomic E-state index is 16.7. The molecule has 0 N–H and O–H groups in total. The number of carbonyl (C=O) groups is 1. The van der Waals surface area contributed by atoms with E-state index in [0.29, 0.717) is 85.3 Å². The molecule has 1 unspecified atom stereocenters. The lowest BCUT2D eigenvalue weighted by atomic mass is 9.88. The molecule has 11 rings (SSSR count). The molecule has 364 valence electrons. The van der Waals surface area contributed by atoms with E-state index in [9.17, 15) is 13.6 Å². The number of fused-ring (bicyclic) bond motifs is 4. The van der Waals surface area contributed by atoms with Crippen LogP contribution in [-0.4, -0.2) is 102 Å². The lowest BCUT2D eigenvalue weighted by molar-refractivity contribution is -0.0367. The number of ether oxygens (including phenoxy) is 5. The van der Waals surface area contributed by atoms with E-state index in [1.807, 2.05) is 67.7 Å². The summed E-state index contributed by atoms with van der Waals surface area (Å²) in [5, 5.41) is 10.6. The van der Waals surface area contributed by atoms with Gasteiger partial charge in [0.15, 0.2) is 23.6 Å². The van der Waals surface area contributed by atoms with Gasteiger partial charge in [-0.15, -0.1) is 0 Å². The fourth-order valence-corrected chi connectivity index (χ4v) is 10.6. The topological polar surface area (TPSA) is 144 Å². The fraction of sp³-hybridized carbons (Fsp3) is 0.529. The molecule has 15 nitrogen and oxygen atoms in total. The fourth-order valence-electron chi connectivity index (χ4n) is 10.6. The van der Waals surface area contributed by atoms with Crippen LogP contribution >= 0.6 is 0 Å². The first-order chi connectivity index (χ1) is 33.3. The average Bonchev–Trinajstić information content (AvgIpc) is 3.57. The molecule has 3 atom stereocenters. The molecule has 7 heterocycles. The number of amides is 1. The number of hydrogen-bond acceptors (Lipinski definition) is 12. The van der Waals surface area contributed by atoms with Gasteiger partial charge >= 0.3 is 12.1 Å². The van der Waals surface area contributed by atoms with E-state index < -0.39 is 12.0 Å². The lowest BCUT2D eigenvalue weighted by Gasteiger charge is -2.36. The van der Waals surface area contributed by atoms with Crippen molar-refractivity contribution in [2.75, 3.05) is 37.8 Å². The molecule has 69 heavy (non-hydrogen) atoms. The van der Waals surface area contributed by atoms with Gasteiger partial charge in [0.1, 0.15) is 35.5 Å². The maximum absolute atomic E-state index is 16.7. The SMILES string of the molecule is Cc1c(F)cc2c(cnn2C2CCCCO2)c1-c1c(C2CC2)cc2c(N3C[C@@H]4C[C@H]3CN4C(=O)OC(C)(C)C)nc(OC3CCOCC3)nc2c1OCc1ccc(Cc2nc(C(F)F)n(C)n2)cc1. The maximum Gasteiger partial charge on any atom is 0.410 e. The Hall–Kier alpha value is -6.01. The number of carbonyl (C=O) groups excluding carboxylic acids is 1. The Bertz CT molecular complexity index is 2900. The van der Waals surface area contributed by atoms with Crippen molar-refractivity contribution >= 4 is 33.7 Å². The van der Waals surface area contributed by atoms with Crippen LogP contribution < -0.4 is 14.4 Å². The molecule has 0 spiro atoms. The van der Waals surface area contributed by atoms with Gasteiger partial charge in [-0.1, -0.05) is 24.3 Å². The molecule has 4 aliphatic heterocycles. The quantitative estimate of drug-likeness (QED) is 0.115. The summed E-state index contributed by atoms with van der Waals surface area (Å²) in [4.78, 5) is 32.1. The number of anilines is 1. The number of aryl methyl sites for hydroxylation is 1. The third kappa shape index (κ3) is 8.94. The first-order valence-corrected chi connectivity index (χ1v) is 24.3. The number of alkyl halides is 2. The molecule has 3 aromatic carbocycles. The number of nitrogens with zero attached hydrogens (tertiary/aromatic N) is 9. The average molecular weight is 950 g/mol. The summed E-state index contributed by atoms with van der Waals surface area (Å²) in [5.41, 5.74) is 5.15. The molecule has 4 saturated heterocycles. The normalized spacial score (nSPS) is 21.0. The molecule has 1 saturated carbocycles. The molecule has 18 heteroatoms. The number of hydrogen-bond donors (Lipinski definition) is 0. The van der Waals surface area contributed by atoms with E-state index in [4.69, 9.17) is 38.8 Å². The van der Waals surface area contributed by atoms with Crippen LogP contribution in [0.3, 0.4) is 0 Å². The molecule has 0 radical (unpaired) electrons. The van der Waals surface area contributed by atoms with Crippen LogP contribution in [0.5, 0.6) is 11.8 Å². The van der Waals surface area contributed by atoms with Crippen molar-refractivity contribution in [3.8, 4) is 22.9 Å². The summed E-state index contributed by atoms with van der Waals surface area (Å²) in [6.07, 6.45) is 5.29. The first kappa shape index (κ1) is 45.4. The van der Waals surface area contributed by atoms with Crippen LogP contribution in [0.4, 0.5) is 23.8 Å². The number of rotatable bonds is 12. The van der Waals surface area contributed by atoms with Crippen LogP contribution in [0.2, 0.25) is 0 Å². The summed E-state index contributed by atoms with van der Waals surface area (Å²) >= 11 is 0. The second kappa shape index (κ2) is 18.1. The smallest absolute Gasteiger partial charge is 0.410 e. The number of aromatic nitrogens is 7. The number of halogens is 3. The Morgan fingerprint density at radius 2 is 1.70 bits per heavy atom. The van der Waals surface area contributed by atoms with E-state index in [1.54, 1.807) is 6.07 Å². The first-order valence-electron chi connectivity index (χ1n) is 24.3. The summed E-state index contributed by atoms with van der Waals surface area (Å²) in [6, 6.07) is 11.6. The van der Waals surface area contributed by atoms with Gasteiger partial charge in [-0.05, 0) is 100 Å². The standard InChI is InChI=1S/C51H58F3N9O6/c1-28-38(52)23-39-37(24-55-63(39)41-8-6-7-17-66-41)42(28)43-35(31-13-14-31)22-36-44(45(43)67-27-30-11-9-29(10-12-30)20-40-56-48(46(53)54)60(5)59-40)57-49(68-34-15-18-65-19-16-34)58-47(36)61-25-33-21-32(61)26-62(33)50(64)69-51(2,3)4/h9-12,22-24,31-34,41,46H,6-8,13-21,25-27H2,1-5H3/t32-,33-,41?/m0/s1. The Balaban J connectivity index is 1.06. The molecule has 2 bridgehead atoms. The Morgan fingerprint density at radius 3 is 2.38 bits per heavy atom. The van der Waals surface area contributed by atoms with Crippen molar-refractivity contribution < 1.29 is 41.7 Å². The summed E-state index contributed by atoms with van der Waals surface area (Å²) in [7, 11) is 1.46. The van der Waals surface area contributed by atoms with E-state index in [-0.39, 0.29) is 67.1 Å². The van der Waals surface area contributed by atoms with E-state index in [2.05, 4.69) is 21.0 Å². The zero-order valence-corrected chi connectivity index (χ0v) is 39.7. The predicted octanol–water partition coefficient (Wildman–Crippen LogP) is 9.66. The monoisotopic (exact) mass is 949 g/mol. The summed E-state index contributed by atoms with van der Waals surface area (Å²) < 4.78 is 78.2. The predicted molar refractivity (Wildman–Crippen MR) is 250 cm³/mol. The van der Waals surface area contributed by atoms with Crippen molar-refractivity contribution in [2.24, 2.45) is 7.05 Å². The van der Waals surface area contributed by atoms with Gasteiger partial charge in [0, 0.05) is 74.0 Å². The molecule has 6 aromatic rings. The Labute approximate surface area is 398 Å². The van der Waals surface area contributed by atoms with Gasteiger partial charge in [0.25, 0.3) is 6.43 Å². The van der Waals surface area contributed by atoms with Crippen molar-refractivity contribution in [1.29, 1.82) is 0 Å². The zero-order valence-electron chi connectivity index (χ0n) is 39.7. The molecule has 5 aliphatic rings. The highest BCUT2D eigenvalue weighted by molar-refractivity contribution is 6.06. The van der Waals surface area contributed by atoms with Crippen LogP contribution in [0.25, 0.3) is 32.9 Å². The zero-order chi connectivity index (χ0) is 47.7. The molecule has 3 aromatic heterocycles. The van der Waals surface area contributed by atoms with Crippen LogP contribution in [-0.2, 0) is 34.3 Å². The second-order valence-electron chi connectivity index (χ2n) is 20.2. The highest BCUT2D eigenvalue weighted by atomic mass is 19.3. The van der Waals surface area contributed by atoms with Gasteiger partial charge in [-0.3, -0.25) is 0 Å². The van der Waals surface area contributed by atoms with Crippen LogP contribution in [0.1, 0.15) is 125 Å². The van der Waals surface area contributed by atoms with Gasteiger partial charge in [-0.25, -0.2) is 32.3 Å². The third-order valence-electron chi connectivity index (χ3n) is 14.1. The largest absolute Gasteiger partial charge is 0.486 e. The molecule has 1 aliphatic carbocycles.